The smallest absolute Gasteiger partial charge is 0.270 e. The van der Waals surface area contributed by atoms with E-state index in [1.54, 1.807) is 12.1 Å². The molecule has 1 fully saturated rings. The lowest BCUT2D eigenvalue weighted by molar-refractivity contribution is -0.384. The van der Waals surface area contributed by atoms with Gasteiger partial charge in [-0.15, -0.1) is 0 Å². The number of nitro benzene ring substituents is 1. The van der Waals surface area contributed by atoms with Crippen LogP contribution in [0.4, 0.5) is 11.5 Å². The van der Waals surface area contributed by atoms with E-state index in [4.69, 9.17) is 9.72 Å². The zero-order valence-electron chi connectivity index (χ0n) is 15.2. The zero-order valence-corrected chi connectivity index (χ0v) is 15.2. The third kappa shape index (κ3) is 4.35. The summed E-state index contributed by atoms with van der Waals surface area (Å²) in [7, 11) is 0. The van der Waals surface area contributed by atoms with E-state index in [2.05, 4.69) is 9.88 Å². The minimum atomic E-state index is -0.400. The van der Waals surface area contributed by atoms with Crippen molar-refractivity contribution < 1.29 is 9.66 Å². The van der Waals surface area contributed by atoms with Gasteiger partial charge in [-0.1, -0.05) is 12.1 Å². The van der Waals surface area contributed by atoms with Crippen LogP contribution in [0.3, 0.4) is 0 Å². The van der Waals surface area contributed by atoms with Crippen LogP contribution >= 0.6 is 0 Å². The van der Waals surface area contributed by atoms with Crippen molar-refractivity contribution >= 4 is 11.5 Å². The van der Waals surface area contributed by atoms with Gasteiger partial charge < -0.3 is 9.64 Å². The van der Waals surface area contributed by atoms with E-state index in [9.17, 15) is 10.1 Å². The van der Waals surface area contributed by atoms with Crippen molar-refractivity contribution in [2.45, 2.75) is 26.7 Å². The SMILES string of the molecule is CCOCC1CCCN(c2cc(C)nc(-c3cccc([N+](=O)[O-])c3)n2)C1. The van der Waals surface area contributed by atoms with Gasteiger partial charge >= 0.3 is 0 Å². The number of rotatable bonds is 6. The van der Waals surface area contributed by atoms with Gasteiger partial charge in [0, 0.05) is 49.2 Å². The highest BCUT2D eigenvalue weighted by Crippen LogP contribution is 2.26. The Labute approximate surface area is 153 Å². The molecule has 1 aliphatic heterocycles. The number of nitro groups is 1. The number of hydrogen-bond donors (Lipinski definition) is 0. The van der Waals surface area contributed by atoms with Crippen LogP contribution in [-0.2, 0) is 4.74 Å². The predicted octanol–water partition coefficient (Wildman–Crippen LogP) is 3.61. The molecule has 26 heavy (non-hydrogen) atoms. The molecule has 3 rings (SSSR count). The summed E-state index contributed by atoms with van der Waals surface area (Å²) in [5, 5.41) is 11.0. The Bertz CT molecular complexity index is 781. The first-order chi connectivity index (χ1) is 12.6. The third-order valence-corrected chi connectivity index (χ3v) is 4.56. The average molecular weight is 356 g/mol. The number of aryl methyl sites for hydroxylation is 1. The molecular weight excluding hydrogens is 332 g/mol. The van der Waals surface area contributed by atoms with Crippen LogP contribution in [0.15, 0.2) is 30.3 Å². The number of nitrogens with zero attached hydrogens (tertiary/aromatic N) is 4. The Morgan fingerprint density at radius 1 is 1.35 bits per heavy atom. The summed E-state index contributed by atoms with van der Waals surface area (Å²) >= 11 is 0. The molecule has 1 unspecified atom stereocenters. The number of ether oxygens (including phenoxy) is 1. The van der Waals surface area contributed by atoms with Crippen molar-refractivity contribution in [2.24, 2.45) is 5.92 Å². The zero-order chi connectivity index (χ0) is 18.5. The molecule has 7 nitrogen and oxygen atoms in total. The highest BCUT2D eigenvalue weighted by molar-refractivity contribution is 5.61. The van der Waals surface area contributed by atoms with E-state index < -0.39 is 4.92 Å². The Hall–Kier alpha value is -2.54. The van der Waals surface area contributed by atoms with E-state index in [1.807, 2.05) is 19.9 Å². The quantitative estimate of drug-likeness (QED) is 0.581. The lowest BCUT2D eigenvalue weighted by Gasteiger charge is -2.33. The summed E-state index contributed by atoms with van der Waals surface area (Å²) in [4.78, 5) is 22.1. The van der Waals surface area contributed by atoms with Crippen molar-refractivity contribution in [1.29, 1.82) is 0 Å². The van der Waals surface area contributed by atoms with Crippen molar-refractivity contribution in [3.8, 4) is 11.4 Å². The lowest BCUT2D eigenvalue weighted by Crippen LogP contribution is -2.37. The molecule has 2 aromatic rings. The number of aromatic nitrogens is 2. The fraction of sp³-hybridized carbons (Fsp3) is 0.474. The summed E-state index contributed by atoms with van der Waals surface area (Å²) in [5.41, 5.74) is 1.55. The van der Waals surface area contributed by atoms with Crippen LogP contribution in [0.2, 0.25) is 0 Å². The highest BCUT2D eigenvalue weighted by atomic mass is 16.6. The molecule has 0 N–H and O–H groups in total. The summed E-state index contributed by atoms with van der Waals surface area (Å²) in [6.07, 6.45) is 2.27. The van der Waals surface area contributed by atoms with Gasteiger partial charge in [0.05, 0.1) is 11.5 Å². The molecule has 1 atom stereocenters. The summed E-state index contributed by atoms with van der Waals surface area (Å²) in [6, 6.07) is 8.44. The van der Waals surface area contributed by atoms with E-state index in [0.717, 1.165) is 50.7 Å². The summed E-state index contributed by atoms with van der Waals surface area (Å²) in [5.74, 6) is 1.90. The Morgan fingerprint density at radius 2 is 2.19 bits per heavy atom. The number of anilines is 1. The Morgan fingerprint density at radius 3 is 2.96 bits per heavy atom. The maximum atomic E-state index is 11.0. The molecule has 2 heterocycles. The van der Waals surface area contributed by atoms with Crippen LogP contribution in [0, 0.1) is 23.0 Å². The van der Waals surface area contributed by atoms with Crippen molar-refractivity contribution in [1.82, 2.24) is 9.97 Å². The van der Waals surface area contributed by atoms with E-state index >= 15 is 0 Å². The molecule has 1 aromatic heterocycles. The average Bonchev–Trinajstić information content (AvgIpc) is 2.66. The van der Waals surface area contributed by atoms with Gasteiger partial charge in [-0.3, -0.25) is 10.1 Å². The van der Waals surface area contributed by atoms with Crippen molar-refractivity contribution in [2.75, 3.05) is 31.2 Å². The molecule has 1 aliphatic rings. The number of non-ortho nitro benzene ring substituents is 1. The van der Waals surface area contributed by atoms with Crippen LogP contribution in [0.25, 0.3) is 11.4 Å². The first-order valence-corrected chi connectivity index (χ1v) is 9.00. The maximum Gasteiger partial charge on any atom is 0.270 e. The lowest BCUT2D eigenvalue weighted by atomic mass is 9.99. The molecule has 138 valence electrons. The molecule has 1 saturated heterocycles. The van der Waals surface area contributed by atoms with Gasteiger partial charge in [-0.25, -0.2) is 9.97 Å². The largest absolute Gasteiger partial charge is 0.381 e. The number of piperidine rings is 1. The molecule has 7 heteroatoms. The van der Waals surface area contributed by atoms with Gasteiger partial charge in [0.25, 0.3) is 5.69 Å². The molecule has 0 amide bonds. The molecule has 0 saturated carbocycles. The van der Waals surface area contributed by atoms with Gasteiger partial charge in [0.2, 0.25) is 0 Å². The number of benzene rings is 1. The van der Waals surface area contributed by atoms with Gasteiger partial charge in [0.15, 0.2) is 5.82 Å². The van der Waals surface area contributed by atoms with E-state index in [1.165, 1.54) is 12.1 Å². The minimum absolute atomic E-state index is 0.0453. The van der Waals surface area contributed by atoms with Gasteiger partial charge in [-0.2, -0.15) is 0 Å². The highest BCUT2D eigenvalue weighted by Gasteiger charge is 2.22. The molecule has 0 radical (unpaired) electrons. The van der Waals surface area contributed by atoms with Crippen LogP contribution < -0.4 is 4.90 Å². The van der Waals surface area contributed by atoms with Crippen LogP contribution in [0.1, 0.15) is 25.5 Å². The monoisotopic (exact) mass is 356 g/mol. The molecule has 1 aromatic carbocycles. The Balaban J connectivity index is 1.86. The van der Waals surface area contributed by atoms with Crippen LogP contribution in [-0.4, -0.2) is 41.2 Å². The fourth-order valence-corrected chi connectivity index (χ4v) is 3.30. The standard InChI is InChI=1S/C19H24N4O3/c1-3-26-13-15-6-5-9-22(12-15)18-10-14(2)20-19(21-18)16-7-4-8-17(11-16)23(24)25/h4,7-8,10-11,15H,3,5-6,9,12-13H2,1-2H3. The number of hydrogen-bond acceptors (Lipinski definition) is 6. The topological polar surface area (TPSA) is 81.4 Å². The molecule has 0 bridgehead atoms. The van der Waals surface area contributed by atoms with Crippen molar-refractivity contribution in [3.05, 3.63) is 46.1 Å². The first kappa shape index (κ1) is 18.3. The molecular formula is C19H24N4O3. The summed E-state index contributed by atoms with van der Waals surface area (Å²) in [6.45, 7) is 7.31. The predicted molar refractivity (Wildman–Crippen MR) is 100 cm³/mol. The molecule has 0 aliphatic carbocycles. The Kier molecular flexibility index (Phi) is 5.78. The second kappa shape index (κ2) is 8.23. The van der Waals surface area contributed by atoms with Gasteiger partial charge in [-0.05, 0) is 32.6 Å². The second-order valence-corrected chi connectivity index (χ2v) is 6.61. The normalized spacial score (nSPS) is 17.3. The minimum Gasteiger partial charge on any atom is -0.381 e. The van der Waals surface area contributed by atoms with Gasteiger partial charge in [0.1, 0.15) is 5.82 Å². The summed E-state index contributed by atoms with van der Waals surface area (Å²) < 4.78 is 5.59. The second-order valence-electron chi connectivity index (χ2n) is 6.61. The van der Waals surface area contributed by atoms with Crippen molar-refractivity contribution in [3.63, 3.8) is 0 Å². The molecule has 0 spiro atoms. The fourth-order valence-electron chi connectivity index (χ4n) is 3.30. The third-order valence-electron chi connectivity index (χ3n) is 4.56. The van der Waals surface area contributed by atoms with E-state index in [-0.39, 0.29) is 5.69 Å². The first-order valence-electron chi connectivity index (χ1n) is 9.00. The van der Waals surface area contributed by atoms with Crippen LogP contribution in [0.5, 0.6) is 0 Å². The van der Waals surface area contributed by atoms with E-state index in [0.29, 0.717) is 17.3 Å². The maximum absolute atomic E-state index is 11.0.